The number of benzene rings is 1. The van der Waals surface area contributed by atoms with Crippen LogP contribution in [0.1, 0.15) is 12.8 Å². The average Bonchev–Trinajstić information content (AvgIpc) is 3.29. The molecule has 6 heteroatoms. The Hall–Kier alpha value is -2.24. The van der Waals surface area contributed by atoms with Gasteiger partial charge in [-0.3, -0.25) is 9.59 Å². The van der Waals surface area contributed by atoms with Crippen LogP contribution in [0.2, 0.25) is 0 Å². The van der Waals surface area contributed by atoms with Gasteiger partial charge in [0, 0.05) is 6.07 Å². The Morgan fingerprint density at radius 3 is 2.60 bits per heavy atom. The summed E-state index contributed by atoms with van der Waals surface area (Å²) < 4.78 is 15.1. The molecule has 0 atom stereocenters. The number of hydrogen-bond acceptors (Lipinski definition) is 5. The lowest BCUT2D eigenvalue weighted by Crippen LogP contribution is -2.21. The molecule has 0 radical (unpaired) electrons. The Morgan fingerprint density at radius 1 is 1.25 bits per heavy atom. The molecule has 6 nitrogen and oxygen atoms in total. The third-order valence-electron chi connectivity index (χ3n) is 2.94. The molecule has 1 fully saturated rings. The standard InChI is InChI=1S/C14H17NO5/c1-18-10-5-6-12(19-2)11(7-10)15-13(16)8-20-14(17)9-3-4-9/h5-7,9H,3-4,8H2,1-2H3,(H,15,16). The van der Waals surface area contributed by atoms with Crippen molar-refractivity contribution in [2.24, 2.45) is 5.92 Å². The van der Waals surface area contributed by atoms with Crippen molar-refractivity contribution >= 4 is 17.6 Å². The number of ether oxygens (including phenoxy) is 3. The lowest BCUT2D eigenvalue weighted by Gasteiger charge is -2.11. The second-order valence-corrected chi connectivity index (χ2v) is 4.50. The summed E-state index contributed by atoms with van der Waals surface area (Å²) >= 11 is 0. The molecule has 20 heavy (non-hydrogen) atoms. The van der Waals surface area contributed by atoms with Gasteiger partial charge >= 0.3 is 5.97 Å². The van der Waals surface area contributed by atoms with Gasteiger partial charge in [-0.1, -0.05) is 0 Å². The summed E-state index contributed by atoms with van der Waals surface area (Å²) in [5, 5.41) is 2.63. The first-order valence-corrected chi connectivity index (χ1v) is 6.32. The van der Waals surface area contributed by atoms with E-state index in [1.54, 1.807) is 18.2 Å². The summed E-state index contributed by atoms with van der Waals surface area (Å²) in [6.45, 7) is -0.296. The minimum Gasteiger partial charge on any atom is -0.497 e. The van der Waals surface area contributed by atoms with Gasteiger partial charge in [-0.2, -0.15) is 0 Å². The van der Waals surface area contributed by atoms with Crippen molar-refractivity contribution < 1.29 is 23.8 Å². The number of rotatable bonds is 6. The highest BCUT2D eigenvalue weighted by Gasteiger charge is 2.31. The van der Waals surface area contributed by atoms with Crippen LogP contribution in [0.15, 0.2) is 18.2 Å². The summed E-state index contributed by atoms with van der Waals surface area (Å²) in [6, 6.07) is 5.05. The van der Waals surface area contributed by atoms with Gasteiger partial charge in [0.15, 0.2) is 6.61 Å². The zero-order valence-corrected chi connectivity index (χ0v) is 11.5. The molecule has 0 unspecified atom stereocenters. The van der Waals surface area contributed by atoms with Crippen molar-refractivity contribution in [1.82, 2.24) is 0 Å². The third kappa shape index (κ3) is 3.63. The summed E-state index contributed by atoms with van der Waals surface area (Å²) in [5.41, 5.74) is 0.472. The number of amides is 1. The fraction of sp³-hybridized carbons (Fsp3) is 0.429. The minimum absolute atomic E-state index is 0.0193. The second-order valence-electron chi connectivity index (χ2n) is 4.50. The average molecular weight is 279 g/mol. The van der Waals surface area contributed by atoms with E-state index in [0.29, 0.717) is 17.2 Å². The first-order chi connectivity index (χ1) is 9.63. The van der Waals surface area contributed by atoms with Gasteiger partial charge in [-0.15, -0.1) is 0 Å². The molecule has 0 bridgehead atoms. The van der Waals surface area contributed by atoms with Crippen LogP contribution >= 0.6 is 0 Å². The van der Waals surface area contributed by atoms with Crippen LogP contribution in [-0.4, -0.2) is 32.7 Å². The Balaban J connectivity index is 1.93. The van der Waals surface area contributed by atoms with Crippen LogP contribution in [0.3, 0.4) is 0 Å². The van der Waals surface area contributed by atoms with Gasteiger partial charge < -0.3 is 19.5 Å². The zero-order chi connectivity index (χ0) is 14.5. The van der Waals surface area contributed by atoms with Crippen LogP contribution in [0, 0.1) is 5.92 Å². The lowest BCUT2D eigenvalue weighted by atomic mass is 10.2. The second kappa shape index (κ2) is 6.27. The highest BCUT2D eigenvalue weighted by molar-refractivity contribution is 5.94. The topological polar surface area (TPSA) is 73.9 Å². The molecule has 1 saturated carbocycles. The van der Waals surface area contributed by atoms with Crippen molar-refractivity contribution in [3.8, 4) is 11.5 Å². The summed E-state index contributed by atoms with van der Waals surface area (Å²) in [7, 11) is 3.04. The summed E-state index contributed by atoms with van der Waals surface area (Å²) in [5.74, 6) is 0.362. The molecule has 0 spiro atoms. The van der Waals surface area contributed by atoms with Crippen LogP contribution in [-0.2, 0) is 14.3 Å². The van der Waals surface area contributed by atoms with E-state index in [1.807, 2.05) is 0 Å². The van der Waals surface area contributed by atoms with E-state index in [2.05, 4.69) is 5.32 Å². The molecule has 2 rings (SSSR count). The lowest BCUT2D eigenvalue weighted by molar-refractivity contribution is -0.148. The molecule has 1 aliphatic rings. The highest BCUT2D eigenvalue weighted by atomic mass is 16.5. The summed E-state index contributed by atoms with van der Waals surface area (Å²) in [4.78, 5) is 23.1. The van der Waals surface area contributed by atoms with E-state index in [4.69, 9.17) is 14.2 Å². The molecule has 0 aliphatic heterocycles. The molecule has 1 aromatic carbocycles. The molecular formula is C14H17NO5. The number of carbonyl (C=O) groups is 2. The monoisotopic (exact) mass is 279 g/mol. The largest absolute Gasteiger partial charge is 0.497 e. The Kier molecular flexibility index (Phi) is 4.45. The fourth-order valence-electron chi connectivity index (χ4n) is 1.67. The highest BCUT2D eigenvalue weighted by Crippen LogP contribution is 2.30. The number of methoxy groups -OCH3 is 2. The van der Waals surface area contributed by atoms with Crippen molar-refractivity contribution in [2.75, 3.05) is 26.1 Å². The molecule has 0 saturated heterocycles. The van der Waals surface area contributed by atoms with E-state index in [-0.39, 0.29) is 18.5 Å². The van der Waals surface area contributed by atoms with Gasteiger partial charge in [0.2, 0.25) is 0 Å². The first kappa shape index (κ1) is 14.2. The van der Waals surface area contributed by atoms with Crippen molar-refractivity contribution in [3.63, 3.8) is 0 Å². The zero-order valence-electron chi connectivity index (χ0n) is 11.5. The predicted molar refractivity (Wildman–Crippen MR) is 71.9 cm³/mol. The molecule has 108 valence electrons. The van der Waals surface area contributed by atoms with Crippen molar-refractivity contribution in [3.05, 3.63) is 18.2 Å². The van der Waals surface area contributed by atoms with E-state index >= 15 is 0 Å². The van der Waals surface area contributed by atoms with E-state index in [0.717, 1.165) is 12.8 Å². The first-order valence-electron chi connectivity index (χ1n) is 6.32. The minimum atomic E-state index is -0.412. The Labute approximate surface area is 117 Å². The SMILES string of the molecule is COc1ccc(OC)c(NC(=O)COC(=O)C2CC2)c1. The maximum atomic E-state index is 11.7. The van der Waals surface area contributed by atoms with Gasteiger partial charge in [0.25, 0.3) is 5.91 Å². The molecular weight excluding hydrogens is 262 g/mol. The van der Waals surface area contributed by atoms with E-state index in [9.17, 15) is 9.59 Å². The Bertz CT molecular complexity index is 510. The summed E-state index contributed by atoms with van der Waals surface area (Å²) in [6.07, 6.45) is 1.70. The molecule has 1 aliphatic carbocycles. The molecule has 1 amide bonds. The van der Waals surface area contributed by atoms with Crippen LogP contribution < -0.4 is 14.8 Å². The number of carbonyl (C=O) groups excluding carboxylic acids is 2. The Morgan fingerprint density at radius 2 is 2.00 bits per heavy atom. The molecule has 1 aromatic rings. The van der Waals surface area contributed by atoms with Crippen LogP contribution in [0.5, 0.6) is 11.5 Å². The van der Waals surface area contributed by atoms with Gasteiger partial charge in [-0.25, -0.2) is 0 Å². The fourth-order valence-corrected chi connectivity index (χ4v) is 1.67. The maximum Gasteiger partial charge on any atom is 0.309 e. The van der Waals surface area contributed by atoms with Crippen LogP contribution in [0.25, 0.3) is 0 Å². The van der Waals surface area contributed by atoms with Gasteiger partial charge in [-0.05, 0) is 25.0 Å². The van der Waals surface area contributed by atoms with Gasteiger partial charge in [0.1, 0.15) is 11.5 Å². The third-order valence-corrected chi connectivity index (χ3v) is 2.94. The van der Waals surface area contributed by atoms with E-state index in [1.165, 1.54) is 14.2 Å². The van der Waals surface area contributed by atoms with E-state index < -0.39 is 5.91 Å². The molecule has 0 aromatic heterocycles. The normalized spacial score (nSPS) is 13.5. The number of nitrogens with one attached hydrogen (secondary N) is 1. The van der Waals surface area contributed by atoms with Crippen molar-refractivity contribution in [1.29, 1.82) is 0 Å². The van der Waals surface area contributed by atoms with Crippen molar-refractivity contribution in [2.45, 2.75) is 12.8 Å². The molecule has 0 heterocycles. The van der Waals surface area contributed by atoms with Crippen LogP contribution in [0.4, 0.5) is 5.69 Å². The maximum absolute atomic E-state index is 11.7. The number of hydrogen-bond donors (Lipinski definition) is 1. The smallest absolute Gasteiger partial charge is 0.309 e. The van der Waals surface area contributed by atoms with Gasteiger partial charge in [0.05, 0.1) is 25.8 Å². The number of anilines is 1. The molecule has 1 N–H and O–H groups in total. The quantitative estimate of drug-likeness (QED) is 0.800. The number of esters is 1. The predicted octanol–water partition coefficient (Wildman–Crippen LogP) is 1.60.